The highest BCUT2D eigenvalue weighted by Gasteiger charge is 2.16. The van der Waals surface area contributed by atoms with E-state index in [1.807, 2.05) is 56.8 Å². The van der Waals surface area contributed by atoms with E-state index in [0.717, 1.165) is 43.0 Å². The molecule has 1 amide bonds. The van der Waals surface area contributed by atoms with Gasteiger partial charge in [-0.3, -0.25) is 15.0 Å². The molecule has 2 rings (SSSR count). The summed E-state index contributed by atoms with van der Waals surface area (Å²) >= 11 is 0. The van der Waals surface area contributed by atoms with Crippen molar-refractivity contribution in [1.82, 2.24) is 20.4 Å². The summed E-state index contributed by atoms with van der Waals surface area (Å²) in [7, 11) is 3.78. The number of hydrogen-bond donors (Lipinski definition) is 3. The highest BCUT2D eigenvalue weighted by molar-refractivity contribution is 14.0. The van der Waals surface area contributed by atoms with Crippen LogP contribution in [0.5, 0.6) is 0 Å². The van der Waals surface area contributed by atoms with Crippen molar-refractivity contribution >= 4 is 41.7 Å². The van der Waals surface area contributed by atoms with Crippen molar-refractivity contribution in [2.24, 2.45) is 12.0 Å². The third-order valence-corrected chi connectivity index (χ3v) is 4.99. The van der Waals surface area contributed by atoms with E-state index < -0.39 is 11.7 Å². The van der Waals surface area contributed by atoms with Crippen molar-refractivity contribution in [3.8, 4) is 0 Å². The molecule has 0 bridgehead atoms. The molecule has 0 fully saturated rings. The number of anilines is 1. The molecule has 0 spiro atoms. The van der Waals surface area contributed by atoms with Crippen molar-refractivity contribution in [2.45, 2.75) is 66.0 Å². The predicted molar refractivity (Wildman–Crippen MR) is 146 cm³/mol. The van der Waals surface area contributed by atoms with E-state index in [-0.39, 0.29) is 24.0 Å². The molecule has 0 radical (unpaired) electrons. The van der Waals surface area contributed by atoms with Crippen molar-refractivity contribution in [1.29, 1.82) is 0 Å². The van der Waals surface area contributed by atoms with E-state index in [1.165, 1.54) is 11.3 Å². The Balaban J connectivity index is 0.00000544. The first-order valence-corrected chi connectivity index (χ1v) is 11.2. The first-order valence-electron chi connectivity index (χ1n) is 11.2. The lowest BCUT2D eigenvalue weighted by molar-refractivity contribution is 0.0636. The normalized spacial score (nSPS) is 11.5. The Kier molecular flexibility index (Phi) is 11.7. The molecule has 0 atom stereocenters. The zero-order chi connectivity index (χ0) is 23.7. The summed E-state index contributed by atoms with van der Waals surface area (Å²) in [4.78, 5) is 16.2. The van der Waals surface area contributed by atoms with Gasteiger partial charge in [0.25, 0.3) is 0 Å². The maximum Gasteiger partial charge on any atom is 0.412 e. The van der Waals surface area contributed by atoms with Crippen LogP contribution in [0.4, 0.5) is 10.5 Å². The van der Waals surface area contributed by atoms with E-state index in [9.17, 15) is 4.79 Å². The number of aryl methyl sites for hydroxylation is 2. The minimum absolute atomic E-state index is 0. The van der Waals surface area contributed by atoms with E-state index in [2.05, 4.69) is 39.9 Å². The Labute approximate surface area is 215 Å². The van der Waals surface area contributed by atoms with Gasteiger partial charge in [0.05, 0.1) is 5.69 Å². The lowest BCUT2D eigenvalue weighted by Crippen LogP contribution is -2.38. The third-order valence-electron chi connectivity index (χ3n) is 4.99. The average molecular weight is 571 g/mol. The van der Waals surface area contributed by atoms with E-state index in [0.29, 0.717) is 12.2 Å². The largest absolute Gasteiger partial charge is 0.444 e. The Bertz CT molecular complexity index is 916. The minimum atomic E-state index is -0.518. The average Bonchev–Trinajstić information content (AvgIpc) is 3.04. The first-order chi connectivity index (χ1) is 15.2. The number of nitrogens with one attached hydrogen (secondary N) is 3. The number of halogens is 1. The van der Waals surface area contributed by atoms with Gasteiger partial charge in [0.2, 0.25) is 0 Å². The summed E-state index contributed by atoms with van der Waals surface area (Å²) in [6, 6.07) is 7.77. The van der Waals surface area contributed by atoms with Gasteiger partial charge in [-0.05, 0) is 57.7 Å². The molecule has 0 saturated heterocycles. The van der Waals surface area contributed by atoms with Crippen molar-refractivity contribution in [3.05, 3.63) is 46.8 Å². The molecule has 9 heteroatoms. The molecule has 1 aromatic heterocycles. The smallest absolute Gasteiger partial charge is 0.412 e. The zero-order valence-electron chi connectivity index (χ0n) is 20.9. The molecule has 0 saturated carbocycles. The van der Waals surface area contributed by atoms with Crippen LogP contribution in [-0.4, -0.2) is 41.0 Å². The standard InChI is InChI=1S/C24H38N6O2.HI/c1-8-20-19(21(9-2)30(7)29-20)16-27-22(25-6)26-15-14-17-10-12-18(13-11-17)28-23(31)32-24(3,4)5;/h10-13H,8-9,14-16H2,1-7H3,(H,28,31)(H2,25,26,27);1H. The topological polar surface area (TPSA) is 92.6 Å². The zero-order valence-corrected chi connectivity index (χ0v) is 23.2. The number of amides is 1. The fourth-order valence-corrected chi connectivity index (χ4v) is 3.49. The van der Waals surface area contributed by atoms with Gasteiger partial charge >= 0.3 is 6.09 Å². The van der Waals surface area contributed by atoms with Crippen LogP contribution in [0.3, 0.4) is 0 Å². The predicted octanol–water partition coefficient (Wildman–Crippen LogP) is 4.42. The molecule has 8 nitrogen and oxygen atoms in total. The fourth-order valence-electron chi connectivity index (χ4n) is 3.49. The highest BCUT2D eigenvalue weighted by Crippen LogP contribution is 2.15. The number of aromatic nitrogens is 2. The summed E-state index contributed by atoms with van der Waals surface area (Å²) in [6.45, 7) is 11.3. The van der Waals surface area contributed by atoms with Crippen LogP contribution in [-0.2, 0) is 37.6 Å². The SMILES string of the molecule is CCc1nn(C)c(CC)c1CNC(=NC)NCCc1ccc(NC(=O)OC(C)(C)C)cc1.I. The molecular weight excluding hydrogens is 531 g/mol. The summed E-state index contributed by atoms with van der Waals surface area (Å²) in [5, 5.41) is 14.2. The summed E-state index contributed by atoms with van der Waals surface area (Å²) < 4.78 is 7.25. The summed E-state index contributed by atoms with van der Waals surface area (Å²) in [6.07, 6.45) is 2.25. The molecule has 184 valence electrons. The van der Waals surface area contributed by atoms with Gasteiger partial charge in [-0.1, -0.05) is 26.0 Å². The number of nitrogens with zero attached hydrogens (tertiary/aromatic N) is 3. The molecule has 0 aliphatic carbocycles. The minimum Gasteiger partial charge on any atom is -0.444 e. The van der Waals surface area contributed by atoms with Crippen molar-refractivity contribution < 1.29 is 9.53 Å². The van der Waals surface area contributed by atoms with E-state index in [1.54, 1.807) is 7.05 Å². The molecule has 0 unspecified atom stereocenters. The maximum absolute atomic E-state index is 11.9. The number of guanidine groups is 1. The van der Waals surface area contributed by atoms with Crippen LogP contribution >= 0.6 is 24.0 Å². The second-order valence-corrected chi connectivity index (χ2v) is 8.63. The fraction of sp³-hybridized carbons (Fsp3) is 0.542. The van der Waals surface area contributed by atoms with Crippen LogP contribution in [0.2, 0.25) is 0 Å². The monoisotopic (exact) mass is 570 g/mol. The molecule has 1 heterocycles. The van der Waals surface area contributed by atoms with Gasteiger partial charge < -0.3 is 15.4 Å². The Morgan fingerprint density at radius 3 is 2.33 bits per heavy atom. The van der Waals surface area contributed by atoms with Gasteiger partial charge in [-0.25, -0.2) is 4.79 Å². The Hall–Kier alpha value is -2.30. The molecule has 3 N–H and O–H groups in total. The Morgan fingerprint density at radius 1 is 1.12 bits per heavy atom. The molecular formula is C24H39IN6O2. The number of carbonyl (C=O) groups is 1. The number of ether oxygens (including phenoxy) is 1. The molecule has 1 aromatic carbocycles. The Morgan fingerprint density at radius 2 is 1.79 bits per heavy atom. The van der Waals surface area contributed by atoms with Crippen LogP contribution < -0.4 is 16.0 Å². The van der Waals surface area contributed by atoms with Crippen LogP contribution in [0.15, 0.2) is 29.3 Å². The van der Waals surface area contributed by atoms with Crippen molar-refractivity contribution in [2.75, 3.05) is 18.9 Å². The summed E-state index contributed by atoms with van der Waals surface area (Å²) in [5.41, 5.74) is 5.00. The van der Waals surface area contributed by atoms with Crippen LogP contribution in [0.1, 0.15) is 57.1 Å². The van der Waals surface area contributed by atoms with E-state index >= 15 is 0 Å². The number of hydrogen-bond acceptors (Lipinski definition) is 4. The quantitative estimate of drug-likeness (QED) is 0.248. The molecule has 0 aliphatic heterocycles. The van der Waals surface area contributed by atoms with Gasteiger partial charge in [-0.2, -0.15) is 5.10 Å². The van der Waals surface area contributed by atoms with Crippen LogP contribution in [0.25, 0.3) is 0 Å². The lowest BCUT2D eigenvalue weighted by atomic mass is 10.1. The lowest BCUT2D eigenvalue weighted by Gasteiger charge is -2.19. The molecule has 0 aliphatic rings. The second-order valence-electron chi connectivity index (χ2n) is 8.63. The van der Waals surface area contributed by atoms with Gasteiger partial charge in [0, 0.05) is 44.1 Å². The first kappa shape index (κ1) is 28.7. The third kappa shape index (κ3) is 9.23. The van der Waals surface area contributed by atoms with Gasteiger partial charge in [-0.15, -0.1) is 24.0 Å². The van der Waals surface area contributed by atoms with Crippen LogP contribution in [0, 0.1) is 0 Å². The summed E-state index contributed by atoms with van der Waals surface area (Å²) in [5.74, 6) is 0.765. The van der Waals surface area contributed by atoms with Gasteiger partial charge in [0.1, 0.15) is 5.60 Å². The van der Waals surface area contributed by atoms with Gasteiger partial charge in [0.15, 0.2) is 5.96 Å². The second kappa shape index (κ2) is 13.4. The number of rotatable bonds is 8. The number of aliphatic imine (C=N–C) groups is 1. The van der Waals surface area contributed by atoms with E-state index in [4.69, 9.17) is 4.74 Å². The highest BCUT2D eigenvalue weighted by atomic mass is 127. The molecule has 33 heavy (non-hydrogen) atoms. The van der Waals surface area contributed by atoms with Crippen molar-refractivity contribution in [3.63, 3.8) is 0 Å². The molecule has 2 aromatic rings. The number of carbonyl (C=O) groups excluding carboxylic acids is 1. The maximum atomic E-state index is 11.9. The number of benzene rings is 1.